The van der Waals surface area contributed by atoms with Crippen molar-refractivity contribution in [3.63, 3.8) is 0 Å². The summed E-state index contributed by atoms with van der Waals surface area (Å²) in [6, 6.07) is 0. The van der Waals surface area contributed by atoms with E-state index in [0.29, 0.717) is 6.54 Å². The molecule has 0 spiro atoms. The summed E-state index contributed by atoms with van der Waals surface area (Å²) in [6.07, 6.45) is 6.56. The number of imidazole rings is 1. The van der Waals surface area contributed by atoms with E-state index in [0.717, 1.165) is 6.42 Å². The topological polar surface area (TPSA) is 43.8 Å². The van der Waals surface area contributed by atoms with Crippen molar-refractivity contribution in [2.75, 3.05) is 6.54 Å². The molecule has 0 aromatic carbocycles. The van der Waals surface area contributed by atoms with Gasteiger partial charge >= 0.3 is 0 Å². The Bertz CT molecular complexity index is 201. The molecule has 0 bridgehead atoms. The third kappa shape index (κ3) is 1.80. The first-order valence-electron chi connectivity index (χ1n) is 3.85. The maximum Gasteiger partial charge on any atom is 0.0950 e. The van der Waals surface area contributed by atoms with Crippen LogP contribution in [0, 0.1) is 0 Å². The Hall–Kier alpha value is -0.830. The monoisotopic (exact) mass is 153 g/mol. The zero-order valence-corrected chi connectivity index (χ0v) is 7.12. The molecule has 0 radical (unpaired) electrons. The van der Waals surface area contributed by atoms with Crippen molar-refractivity contribution in [2.45, 2.75) is 25.8 Å². The van der Waals surface area contributed by atoms with Crippen LogP contribution < -0.4 is 5.73 Å². The third-order valence-corrected chi connectivity index (χ3v) is 1.96. The predicted molar refractivity (Wildman–Crippen MR) is 45.2 cm³/mol. The summed E-state index contributed by atoms with van der Waals surface area (Å²) in [4.78, 5) is 3.99. The molecule has 3 heteroatoms. The van der Waals surface area contributed by atoms with Crippen LogP contribution in [0.5, 0.6) is 0 Å². The van der Waals surface area contributed by atoms with Crippen LogP contribution >= 0.6 is 0 Å². The lowest BCUT2D eigenvalue weighted by Crippen LogP contribution is -2.27. The van der Waals surface area contributed by atoms with Crippen molar-refractivity contribution in [3.8, 4) is 0 Å². The van der Waals surface area contributed by atoms with Gasteiger partial charge in [-0.05, 0) is 26.8 Å². The fourth-order valence-corrected chi connectivity index (χ4v) is 1.10. The van der Waals surface area contributed by atoms with E-state index in [4.69, 9.17) is 5.73 Å². The predicted octanol–water partition coefficient (Wildman–Crippen LogP) is 0.967. The maximum atomic E-state index is 5.49. The second-order valence-electron chi connectivity index (χ2n) is 3.32. The lowest BCUT2D eigenvalue weighted by atomic mass is 10.0. The van der Waals surface area contributed by atoms with Crippen LogP contribution in [0.15, 0.2) is 18.7 Å². The van der Waals surface area contributed by atoms with Gasteiger partial charge in [-0.3, -0.25) is 0 Å². The number of hydrogen-bond acceptors (Lipinski definition) is 2. The van der Waals surface area contributed by atoms with Gasteiger partial charge in [0.25, 0.3) is 0 Å². The molecule has 0 aliphatic heterocycles. The van der Waals surface area contributed by atoms with Gasteiger partial charge in [-0.2, -0.15) is 0 Å². The molecule has 62 valence electrons. The van der Waals surface area contributed by atoms with Crippen molar-refractivity contribution < 1.29 is 0 Å². The molecule has 3 nitrogen and oxygen atoms in total. The first-order valence-corrected chi connectivity index (χ1v) is 3.85. The summed E-state index contributed by atoms with van der Waals surface area (Å²) in [5.74, 6) is 0. The third-order valence-electron chi connectivity index (χ3n) is 1.96. The highest BCUT2D eigenvalue weighted by molar-refractivity contribution is 4.85. The van der Waals surface area contributed by atoms with Crippen LogP contribution in [0.3, 0.4) is 0 Å². The second-order valence-corrected chi connectivity index (χ2v) is 3.32. The summed E-state index contributed by atoms with van der Waals surface area (Å²) in [7, 11) is 0. The molecule has 0 amide bonds. The number of rotatable bonds is 3. The molecule has 0 unspecified atom stereocenters. The SMILES string of the molecule is CC(C)(CCN)n1ccnc1. The average molecular weight is 153 g/mol. The van der Waals surface area contributed by atoms with E-state index in [-0.39, 0.29) is 5.54 Å². The molecule has 11 heavy (non-hydrogen) atoms. The van der Waals surface area contributed by atoms with Gasteiger partial charge in [0.15, 0.2) is 0 Å². The highest BCUT2D eigenvalue weighted by Crippen LogP contribution is 2.17. The summed E-state index contributed by atoms with van der Waals surface area (Å²) < 4.78 is 2.08. The Morgan fingerprint density at radius 2 is 2.27 bits per heavy atom. The lowest BCUT2D eigenvalue weighted by Gasteiger charge is -2.25. The molecule has 2 N–H and O–H groups in total. The van der Waals surface area contributed by atoms with Crippen molar-refractivity contribution in [1.82, 2.24) is 9.55 Å². The van der Waals surface area contributed by atoms with Gasteiger partial charge in [-0.15, -0.1) is 0 Å². The Morgan fingerprint density at radius 1 is 1.55 bits per heavy atom. The van der Waals surface area contributed by atoms with Crippen molar-refractivity contribution in [3.05, 3.63) is 18.7 Å². The van der Waals surface area contributed by atoms with Gasteiger partial charge < -0.3 is 10.3 Å². The van der Waals surface area contributed by atoms with Crippen LogP contribution in [0.4, 0.5) is 0 Å². The quantitative estimate of drug-likeness (QED) is 0.703. The summed E-state index contributed by atoms with van der Waals surface area (Å²) in [6.45, 7) is 5.02. The van der Waals surface area contributed by atoms with Gasteiger partial charge in [-0.1, -0.05) is 0 Å². The Morgan fingerprint density at radius 3 is 2.73 bits per heavy atom. The largest absolute Gasteiger partial charge is 0.332 e. The molecule has 0 saturated heterocycles. The first kappa shape index (κ1) is 8.27. The van der Waals surface area contributed by atoms with E-state index in [1.807, 2.05) is 12.5 Å². The number of aromatic nitrogens is 2. The van der Waals surface area contributed by atoms with Crippen LogP contribution in [0.1, 0.15) is 20.3 Å². The lowest BCUT2D eigenvalue weighted by molar-refractivity contribution is 0.332. The molecule has 1 aromatic rings. The highest BCUT2D eigenvalue weighted by Gasteiger charge is 2.17. The van der Waals surface area contributed by atoms with Crippen LogP contribution in [0.25, 0.3) is 0 Å². The average Bonchev–Trinajstić information content (AvgIpc) is 2.37. The molecule has 0 fully saturated rings. The normalized spacial score (nSPS) is 11.9. The fraction of sp³-hybridized carbons (Fsp3) is 0.625. The number of nitrogens with two attached hydrogens (primary N) is 1. The molecule has 1 rings (SSSR count). The Kier molecular flexibility index (Phi) is 2.29. The van der Waals surface area contributed by atoms with E-state index in [1.54, 1.807) is 6.20 Å². The van der Waals surface area contributed by atoms with E-state index >= 15 is 0 Å². The molecule has 1 heterocycles. The van der Waals surface area contributed by atoms with Gasteiger partial charge in [0.1, 0.15) is 0 Å². The Balaban J connectivity index is 2.73. The minimum atomic E-state index is 0.102. The van der Waals surface area contributed by atoms with E-state index in [1.165, 1.54) is 0 Å². The summed E-state index contributed by atoms with van der Waals surface area (Å²) in [5, 5.41) is 0. The molecule has 1 aromatic heterocycles. The Labute approximate surface area is 67.2 Å². The van der Waals surface area contributed by atoms with Crippen molar-refractivity contribution in [2.24, 2.45) is 5.73 Å². The minimum Gasteiger partial charge on any atom is -0.332 e. The second kappa shape index (κ2) is 3.05. The van der Waals surface area contributed by atoms with Gasteiger partial charge in [0.2, 0.25) is 0 Å². The molecular formula is C8H15N3. The van der Waals surface area contributed by atoms with Gasteiger partial charge in [-0.25, -0.2) is 4.98 Å². The number of hydrogen-bond donors (Lipinski definition) is 1. The van der Waals surface area contributed by atoms with Crippen LogP contribution in [0.2, 0.25) is 0 Å². The fourth-order valence-electron chi connectivity index (χ4n) is 1.10. The number of nitrogens with zero attached hydrogens (tertiary/aromatic N) is 2. The zero-order valence-electron chi connectivity index (χ0n) is 7.12. The first-order chi connectivity index (χ1) is 5.17. The zero-order chi connectivity index (χ0) is 8.32. The molecule has 0 saturated carbocycles. The van der Waals surface area contributed by atoms with Gasteiger partial charge in [0.05, 0.1) is 6.33 Å². The summed E-state index contributed by atoms with van der Waals surface area (Å²) in [5.41, 5.74) is 5.59. The molecule has 0 aliphatic rings. The summed E-state index contributed by atoms with van der Waals surface area (Å²) >= 11 is 0. The smallest absolute Gasteiger partial charge is 0.0950 e. The van der Waals surface area contributed by atoms with E-state index < -0.39 is 0 Å². The van der Waals surface area contributed by atoms with Crippen molar-refractivity contribution >= 4 is 0 Å². The minimum absolute atomic E-state index is 0.102. The molecule has 0 atom stereocenters. The van der Waals surface area contributed by atoms with Crippen LogP contribution in [-0.2, 0) is 5.54 Å². The standard InChI is InChI=1S/C8H15N3/c1-8(2,3-4-9)11-6-5-10-7-11/h5-7H,3-4,9H2,1-2H3. The van der Waals surface area contributed by atoms with Gasteiger partial charge in [0, 0.05) is 17.9 Å². The molecule has 0 aliphatic carbocycles. The maximum absolute atomic E-state index is 5.49. The van der Waals surface area contributed by atoms with E-state index in [9.17, 15) is 0 Å². The van der Waals surface area contributed by atoms with Crippen LogP contribution in [-0.4, -0.2) is 16.1 Å². The highest BCUT2D eigenvalue weighted by atomic mass is 15.1. The van der Waals surface area contributed by atoms with E-state index in [2.05, 4.69) is 23.4 Å². The van der Waals surface area contributed by atoms with Crippen molar-refractivity contribution in [1.29, 1.82) is 0 Å². The molecular weight excluding hydrogens is 138 g/mol.